The molecule has 2 rings (SSSR count). The summed E-state index contributed by atoms with van der Waals surface area (Å²) in [7, 11) is 0. The number of nitrogens with zero attached hydrogens (tertiary/aromatic N) is 2. The molecule has 2 aliphatic rings. The van der Waals surface area contributed by atoms with Gasteiger partial charge in [0.05, 0.1) is 19.3 Å². The predicted octanol–water partition coefficient (Wildman–Crippen LogP) is 6.94. The van der Waals surface area contributed by atoms with Gasteiger partial charge in [0, 0.05) is 26.2 Å². The quantitative estimate of drug-likeness (QED) is 0.161. The van der Waals surface area contributed by atoms with Crippen LogP contribution in [0.25, 0.3) is 0 Å². The highest BCUT2D eigenvalue weighted by atomic mass is 16.5. The molecule has 212 valence electrons. The van der Waals surface area contributed by atoms with Crippen LogP contribution >= 0.6 is 0 Å². The number of ether oxygens (including phenoxy) is 1. The number of hydrogen-bond donors (Lipinski definition) is 1. The summed E-state index contributed by atoms with van der Waals surface area (Å²) in [6.07, 6.45) is 26.8. The molecule has 1 amide bonds. The smallest absolute Gasteiger partial charge is 0.237 e. The first-order chi connectivity index (χ1) is 17.8. The van der Waals surface area contributed by atoms with Gasteiger partial charge in [-0.15, -0.1) is 0 Å². The van der Waals surface area contributed by atoms with E-state index in [2.05, 4.69) is 22.0 Å². The predicted molar refractivity (Wildman–Crippen MR) is 154 cm³/mol. The summed E-state index contributed by atoms with van der Waals surface area (Å²) in [6.45, 7) is 10.3. The van der Waals surface area contributed by atoms with Crippen LogP contribution in [-0.2, 0) is 9.53 Å². The van der Waals surface area contributed by atoms with E-state index in [0.29, 0.717) is 0 Å². The summed E-state index contributed by atoms with van der Waals surface area (Å²) in [5.74, 6) is 0.280. The molecule has 0 spiro atoms. The molecule has 0 aromatic carbocycles. The lowest BCUT2D eigenvalue weighted by Gasteiger charge is -2.35. The molecule has 0 aliphatic carbocycles. The van der Waals surface area contributed by atoms with Crippen LogP contribution in [0.5, 0.6) is 0 Å². The van der Waals surface area contributed by atoms with E-state index < -0.39 is 0 Å². The van der Waals surface area contributed by atoms with Crippen LogP contribution in [0, 0.1) is 0 Å². The number of nitrogens with one attached hydrogen (secondary N) is 1. The number of carbonyl (C=O) groups excluding carboxylic acids is 1. The van der Waals surface area contributed by atoms with Crippen LogP contribution < -0.4 is 5.32 Å². The highest BCUT2D eigenvalue weighted by Gasteiger charge is 2.28. The Morgan fingerprint density at radius 3 is 1.83 bits per heavy atom. The molecule has 5 nitrogen and oxygen atoms in total. The number of rotatable bonds is 22. The average molecular weight is 508 g/mol. The Morgan fingerprint density at radius 2 is 1.25 bits per heavy atom. The summed E-state index contributed by atoms with van der Waals surface area (Å²) in [4.78, 5) is 17.8. The second-order valence-corrected chi connectivity index (χ2v) is 11.4. The van der Waals surface area contributed by atoms with Crippen molar-refractivity contribution in [2.75, 3.05) is 52.5 Å². The van der Waals surface area contributed by atoms with Crippen LogP contribution in [0.1, 0.15) is 135 Å². The second-order valence-electron chi connectivity index (χ2n) is 11.4. The number of unbranched alkanes of at least 4 members (excludes halogenated alkanes) is 15. The van der Waals surface area contributed by atoms with Crippen molar-refractivity contribution in [1.82, 2.24) is 15.1 Å². The normalized spacial score (nSPS) is 19.5. The molecule has 0 aromatic heterocycles. The molecular weight excluding hydrogens is 446 g/mol. The van der Waals surface area contributed by atoms with Gasteiger partial charge in [-0.3, -0.25) is 14.6 Å². The van der Waals surface area contributed by atoms with E-state index in [1.165, 1.54) is 109 Å². The SMILES string of the molecule is CCCCCCCCCCCCCCCCCCNC(=O)C1CCCCN1CCCN1CCOCC1. The van der Waals surface area contributed by atoms with Crippen molar-refractivity contribution in [3.05, 3.63) is 0 Å². The first kappa shape index (κ1) is 31.6. The van der Waals surface area contributed by atoms with E-state index in [4.69, 9.17) is 4.74 Å². The van der Waals surface area contributed by atoms with Crippen molar-refractivity contribution < 1.29 is 9.53 Å². The van der Waals surface area contributed by atoms with E-state index in [-0.39, 0.29) is 11.9 Å². The van der Waals surface area contributed by atoms with E-state index >= 15 is 0 Å². The third kappa shape index (κ3) is 15.6. The van der Waals surface area contributed by atoms with E-state index in [1.54, 1.807) is 0 Å². The molecule has 0 aromatic rings. The molecule has 2 fully saturated rings. The lowest BCUT2D eigenvalue weighted by atomic mass is 10.0. The monoisotopic (exact) mass is 507 g/mol. The fraction of sp³-hybridized carbons (Fsp3) is 0.968. The summed E-state index contributed by atoms with van der Waals surface area (Å²) in [5, 5.41) is 3.26. The zero-order chi connectivity index (χ0) is 25.5. The molecular formula is C31H61N3O2. The molecule has 2 saturated heterocycles. The van der Waals surface area contributed by atoms with Gasteiger partial charge in [0.2, 0.25) is 5.91 Å². The summed E-state index contributed by atoms with van der Waals surface area (Å²) < 4.78 is 5.45. The zero-order valence-electron chi connectivity index (χ0n) is 24.1. The Balaban J connectivity index is 1.38. The van der Waals surface area contributed by atoms with Crippen molar-refractivity contribution in [2.45, 2.75) is 141 Å². The van der Waals surface area contributed by atoms with Gasteiger partial charge in [-0.1, -0.05) is 110 Å². The third-order valence-corrected chi connectivity index (χ3v) is 8.27. The maximum atomic E-state index is 12.9. The highest BCUT2D eigenvalue weighted by molar-refractivity contribution is 5.81. The van der Waals surface area contributed by atoms with Crippen molar-refractivity contribution in [1.29, 1.82) is 0 Å². The fourth-order valence-corrected chi connectivity index (χ4v) is 5.88. The molecule has 36 heavy (non-hydrogen) atoms. The van der Waals surface area contributed by atoms with Crippen LogP contribution in [0.4, 0.5) is 0 Å². The molecule has 0 saturated carbocycles. The van der Waals surface area contributed by atoms with E-state index in [1.807, 2.05) is 0 Å². The summed E-state index contributed by atoms with van der Waals surface area (Å²) >= 11 is 0. The zero-order valence-corrected chi connectivity index (χ0v) is 24.1. The number of amides is 1. The van der Waals surface area contributed by atoms with Gasteiger partial charge in [-0.05, 0) is 38.8 Å². The van der Waals surface area contributed by atoms with Gasteiger partial charge in [-0.25, -0.2) is 0 Å². The minimum Gasteiger partial charge on any atom is -0.379 e. The summed E-state index contributed by atoms with van der Waals surface area (Å²) in [6, 6.07) is 0.101. The molecule has 0 bridgehead atoms. The van der Waals surface area contributed by atoms with Crippen LogP contribution in [0.3, 0.4) is 0 Å². The largest absolute Gasteiger partial charge is 0.379 e. The Morgan fingerprint density at radius 1 is 0.694 bits per heavy atom. The molecule has 2 aliphatic heterocycles. The Kier molecular flexibility index (Phi) is 19.6. The first-order valence-electron chi connectivity index (χ1n) is 16.1. The second kappa shape index (κ2) is 22.3. The Hall–Kier alpha value is -0.650. The number of morpholine rings is 1. The third-order valence-electron chi connectivity index (χ3n) is 8.27. The lowest BCUT2D eigenvalue weighted by molar-refractivity contribution is -0.127. The standard InChI is InChI=1S/C31H61N3O2/c1-2-3-4-5-6-7-8-9-10-11-12-13-14-15-16-18-22-32-31(35)30-21-17-19-24-34(30)25-20-23-33-26-28-36-29-27-33/h30H,2-29H2,1H3,(H,32,35). The van der Waals surface area contributed by atoms with Gasteiger partial charge in [0.25, 0.3) is 0 Å². The van der Waals surface area contributed by atoms with Crippen molar-refractivity contribution in [3.8, 4) is 0 Å². The van der Waals surface area contributed by atoms with Gasteiger partial charge in [0.1, 0.15) is 0 Å². The molecule has 0 radical (unpaired) electrons. The van der Waals surface area contributed by atoms with Gasteiger partial charge in [0.15, 0.2) is 0 Å². The van der Waals surface area contributed by atoms with Gasteiger partial charge >= 0.3 is 0 Å². The Bertz CT molecular complexity index is 510. The fourth-order valence-electron chi connectivity index (χ4n) is 5.88. The van der Waals surface area contributed by atoms with Crippen molar-refractivity contribution in [3.63, 3.8) is 0 Å². The number of carbonyl (C=O) groups is 1. The number of hydrogen-bond acceptors (Lipinski definition) is 4. The molecule has 2 heterocycles. The van der Waals surface area contributed by atoms with E-state index in [0.717, 1.165) is 71.7 Å². The van der Waals surface area contributed by atoms with Gasteiger partial charge in [-0.2, -0.15) is 0 Å². The minimum atomic E-state index is 0.101. The minimum absolute atomic E-state index is 0.101. The topological polar surface area (TPSA) is 44.8 Å². The lowest BCUT2D eigenvalue weighted by Crippen LogP contribution is -2.50. The molecule has 1 atom stereocenters. The number of piperidine rings is 1. The van der Waals surface area contributed by atoms with Crippen LogP contribution in [-0.4, -0.2) is 74.2 Å². The maximum absolute atomic E-state index is 12.9. The van der Waals surface area contributed by atoms with Crippen LogP contribution in [0.2, 0.25) is 0 Å². The average Bonchev–Trinajstić information content (AvgIpc) is 2.91. The van der Waals surface area contributed by atoms with Crippen molar-refractivity contribution in [2.24, 2.45) is 0 Å². The molecule has 1 unspecified atom stereocenters. The van der Waals surface area contributed by atoms with Crippen molar-refractivity contribution >= 4 is 5.91 Å². The highest BCUT2D eigenvalue weighted by Crippen LogP contribution is 2.18. The first-order valence-corrected chi connectivity index (χ1v) is 16.1. The molecule has 1 N–H and O–H groups in total. The number of likely N-dealkylation sites (tertiary alicyclic amines) is 1. The van der Waals surface area contributed by atoms with Gasteiger partial charge < -0.3 is 10.1 Å². The summed E-state index contributed by atoms with van der Waals surface area (Å²) in [5.41, 5.74) is 0. The maximum Gasteiger partial charge on any atom is 0.237 e. The molecule has 5 heteroatoms. The van der Waals surface area contributed by atoms with Crippen LogP contribution in [0.15, 0.2) is 0 Å². The van der Waals surface area contributed by atoms with E-state index in [9.17, 15) is 4.79 Å². The Labute approximate surface area is 224 Å².